The second kappa shape index (κ2) is 7.75. The predicted molar refractivity (Wildman–Crippen MR) is 77.0 cm³/mol. The zero-order chi connectivity index (χ0) is 15.1. The second-order valence-corrected chi connectivity index (χ2v) is 5.15. The number of ether oxygens (including phenoxy) is 1. The first kappa shape index (κ1) is 16.3. The Labute approximate surface area is 119 Å². The zero-order valence-corrected chi connectivity index (χ0v) is 12.3. The fourth-order valence-corrected chi connectivity index (χ4v) is 2.10. The molecule has 1 rings (SSSR count). The Morgan fingerprint density at radius 2 is 2.10 bits per heavy atom. The van der Waals surface area contributed by atoms with E-state index in [4.69, 9.17) is 9.84 Å². The molecule has 0 unspecified atom stereocenters. The van der Waals surface area contributed by atoms with E-state index in [-0.39, 0.29) is 12.3 Å². The summed E-state index contributed by atoms with van der Waals surface area (Å²) in [6, 6.07) is 5.29. The van der Waals surface area contributed by atoms with Crippen molar-refractivity contribution in [2.45, 2.75) is 27.3 Å². The number of para-hydroxylation sites is 1. The van der Waals surface area contributed by atoms with Gasteiger partial charge in [-0.25, -0.2) is 0 Å². The van der Waals surface area contributed by atoms with Crippen molar-refractivity contribution in [3.05, 3.63) is 23.8 Å². The third kappa shape index (κ3) is 5.09. The van der Waals surface area contributed by atoms with E-state index >= 15 is 0 Å². The molecule has 5 heteroatoms. The van der Waals surface area contributed by atoms with Gasteiger partial charge in [0.05, 0.1) is 13.2 Å². The van der Waals surface area contributed by atoms with Crippen LogP contribution in [-0.2, 0) is 11.3 Å². The summed E-state index contributed by atoms with van der Waals surface area (Å²) in [5.74, 6) is 0.0102. The molecule has 0 aromatic heterocycles. The maximum absolute atomic E-state index is 10.9. The first-order valence-electron chi connectivity index (χ1n) is 6.81. The molecule has 20 heavy (non-hydrogen) atoms. The Bertz CT molecular complexity index is 445. The molecule has 5 nitrogen and oxygen atoms in total. The molecular formula is C15H23NO4. The Kier molecular flexibility index (Phi) is 6.31. The summed E-state index contributed by atoms with van der Waals surface area (Å²) in [6.07, 6.45) is 0. The maximum Gasteiger partial charge on any atom is 0.317 e. The summed E-state index contributed by atoms with van der Waals surface area (Å²) in [7, 11) is 0. The summed E-state index contributed by atoms with van der Waals surface area (Å²) in [4.78, 5) is 12.7. The maximum atomic E-state index is 10.9. The van der Waals surface area contributed by atoms with Gasteiger partial charge in [0.15, 0.2) is 11.5 Å². The van der Waals surface area contributed by atoms with E-state index in [1.54, 1.807) is 23.1 Å². The minimum atomic E-state index is -0.869. The quantitative estimate of drug-likeness (QED) is 0.765. The van der Waals surface area contributed by atoms with Crippen molar-refractivity contribution in [2.24, 2.45) is 5.92 Å². The summed E-state index contributed by atoms with van der Waals surface area (Å²) < 4.78 is 5.34. The zero-order valence-electron chi connectivity index (χ0n) is 12.3. The molecule has 0 aliphatic carbocycles. The molecule has 0 heterocycles. The Balaban J connectivity index is 2.86. The fourth-order valence-electron chi connectivity index (χ4n) is 2.10. The highest BCUT2D eigenvalue weighted by Gasteiger charge is 2.15. The standard InChI is InChI=1S/C15H23NO4/c1-4-20-13-7-5-6-12(15(13)19)9-16(8-11(2)3)10-14(17)18/h5-7,11,19H,4,8-10H2,1-3H3,(H,17,18). The molecule has 0 bridgehead atoms. The van der Waals surface area contributed by atoms with E-state index in [0.717, 1.165) is 0 Å². The normalized spacial score (nSPS) is 11.1. The number of hydrogen-bond donors (Lipinski definition) is 2. The van der Waals surface area contributed by atoms with E-state index < -0.39 is 5.97 Å². The van der Waals surface area contributed by atoms with Gasteiger partial charge in [-0.2, -0.15) is 0 Å². The number of aliphatic carboxylic acids is 1. The van der Waals surface area contributed by atoms with Crippen molar-refractivity contribution in [2.75, 3.05) is 19.7 Å². The van der Waals surface area contributed by atoms with E-state index in [9.17, 15) is 9.90 Å². The average Bonchev–Trinajstić information content (AvgIpc) is 2.32. The summed E-state index contributed by atoms with van der Waals surface area (Å²) in [5.41, 5.74) is 0.679. The van der Waals surface area contributed by atoms with E-state index in [2.05, 4.69) is 0 Å². The van der Waals surface area contributed by atoms with Gasteiger partial charge in [-0.3, -0.25) is 9.69 Å². The number of benzene rings is 1. The first-order valence-corrected chi connectivity index (χ1v) is 6.81. The number of carbonyl (C=O) groups is 1. The number of nitrogens with zero attached hydrogens (tertiary/aromatic N) is 1. The van der Waals surface area contributed by atoms with Crippen LogP contribution in [0.1, 0.15) is 26.3 Å². The van der Waals surface area contributed by atoms with Gasteiger partial charge in [0.2, 0.25) is 0 Å². The number of rotatable bonds is 8. The molecule has 2 N–H and O–H groups in total. The van der Waals surface area contributed by atoms with Gasteiger partial charge in [0, 0.05) is 18.7 Å². The lowest BCUT2D eigenvalue weighted by Crippen LogP contribution is -2.32. The molecular weight excluding hydrogens is 258 g/mol. The van der Waals surface area contributed by atoms with Gasteiger partial charge in [-0.15, -0.1) is 0 Å². The van der Waals surface area contributed by atoms with Gasteiger partial charge in [0.1, 0.15) is 0 Å². The van der Waals surface area contributed by atoms with Crippen molar-refractivity contribution >= 4 is 5.97 Å². The molecule has 0 amide bonds. The van der Waals surface area contributed by atoms with E-state index in [1.807, 2.05) is 20.8 Å². The molecule has 1 aromatic rings. The third-order valence-electron chi connectivity index (χ3n) is 2.76. The lowest BCUT2D eigenvalue weighted by Gasteiger charge is -2.23. The lowest BCUT2D eigenvalue weighted by atomic mass is 10.1. The summed E-state index contributed by atoms with van der Waals surface area (Å²) in [6.45, 7) is 7.39. The second-order valence-electron chi connectivity index (χ2n) is 5.15. The molecule has 0 atom stereocenters. The van der Waals surface area contributed by atoms with Crippen LogP contribution >= 0.6 is 0 Å². The molecule has 0 fully saturated rings. The minimum Gasteiger partial charge on any atom is -0.504 e. The number of phenols is 1. The Morgan fingerprint density at radius 3 is 2.65 bits per heavy atom. The van der Waals surface area contributed by atoms with Crippen LogP contribution in [0.15, 0.2) is 18.2 Å². The van der Waals surface area contributed by atoms with Crippen molar-refractivity contribution in [3.63, 3.8) is 0 Å². The molecule has 0 radical (unpaired) electrons. The fraction of sp³-hybridized carbons (Fsp3) is 0.533. The van der Waals surface area contributed by atoms with Crippen molar-refractivity contribution in [3.8, 4) is 11.5 Å². The van der Waals surface area contributed by atoms with E-state index in [1.165, 1.54) is 0 Å². The van der Waals surface area contributed by atoms with Gasteiger partial charge in [-0.05, 0) is 18.9 Å². The van der Waals surface area contributed by atoms with Crippen molar-refractivity contribution in [1.82, 2.24) is 4.90 Å². The van der Waals surface area contributed by atoms with E-state index in [0.29, 0.717) is 36.9 Å². The van der Waals surface area contributed by atoms with Gasteiger partial charge >= 0.3 is 5.97 Å². The molecule has 0 spiro atoms. The molecule has 0 aliphatic heterocycles. The van der Waals surface area contributed by atoms with Crippen LogP contribution < -0.4 is 4.74 Å². The monoisotopic (exact) mass is 281 g/mol. The Morgan fingerprint density at radius 1 is 1.40 bits per heavy atom. The van der Waals surface area contributed by atoms with Crippen LogP contribution in [0.2, 0.25) is 0 Å². The number of aromatic hydroxyl groups is 1. The Hall–Kier alpha value is -1.75. The lowest BCUT2D eigenvalue weighted by molar-refractivity contribution is -0.138. The number of carboxylic acid groups (broad SMARTS) is 1. The van der Waals surface area contributed by atoms with Crippen LogP contribution in [0.5, 0.6) is 11.5 Å². The number of phenolic OH excluding ortho intramolecular Hbond substituents is 1. The SMILES string of the molecule is CCOc1cccc(CN(CC(=O)O)CC(C)C)c1O. The van der Waals surface area contributed by atoms with Crippen LogP contribution in [0.3, 0.4) is 0 Å². The molecule has 0 saturated carbocycles. The van der Waals surface area contributed by atoms with Crippen LogP contribution in [0.25, 0.3) is 0 Å². The van der Waals surface area contributed by atoms with Crippen molar-refractivity contribution in [1.29, 1.82) is 0 Å². The summed E-state index contributed by atoms with van der Waals surface area (Å²) in [5, 5.41) is 19.1. The van der Waals surface area contributed by atoms with Crippen LogP contribution in [0.4, 0.5) is 0 Å². The highest BCUT2D eigenvalue weighted by Crippen LogP contribution is 2.30. The minimum absolute atomic E-state index is 0.0452. The van der Waals surface area contributed by atoms with Crippen LogP contribution in [-0.4, -0.2) is 40.8 Å². The third-order valence-corrected chi connectivity index (χ3v) is 2.76. The smallest absolute Gasteiger partial charge is 0.317 e. The largest absolute Gasteiger partial charge is 0.504 e. The number of carboxylic acids is 1. The topological polar surface area (TPSA) is 70.0 Å². The predicted octanol–water partition coefficient (Wildman–Crippen LogP) is 2.33. The molecule has 112 valence electrons. The molecule has 0 saturated heterocycles. The summed E-state index contributed by atoms with van der Waals surface area (Å²) >= 11 is 0. The number of hydrogen-bond acceptors (Lipinski definition) is 4. The molecule has 0 aliphatic rings. The highest BCUT2D eigenvalue weighted by atomic mass is 16.5. The van der Waals surface area contributed by atoms with Gasteiger partial charge < -0.3 is 14.9 Å². The van der Waals surface area contributed by atoms with Crippen LogP contribution in [0, 0.1) is 5.92 Å². The molecule has 1 aromatic carbocycles. The van der Waals surface area contributed by atoms with Gasteiger partial charge in [-0.1, -0.05) is 26.0 Å². The van der Waals surface area contributed by atoms with Crippen molar-refractivity contribution < 1.29 is 19.7 Å². The van der Waals surface area contributed by atoms with Gasteiger partial charge in [0.25, 0.3) is 0 Å². The average molecular weight is 281 g/mol. The highest BCUT2D eigenvalue weighted by molar-refractivity contribution is 5.69. The first-order chi connectivity index (χ1) is 9.43.